The zero-order valence-electron chi connectivity index (χ0n) is 43.0. The number of aliphatic hydroxyl groups excluding tert-OH is 1. The van der Waals surface area contributed by atoms with Gasteiger partial charge in [-0.3, -0.25) is 33.4 Å². The number of nitrogens with one attached hydrogen (secondary N) is 2. The first-order chi connectivity index (χ1) is 33.0. The van der Waals surface area contributed by atoms with E-state index in [1.807, 2.05) is 65.7 Å². The molecule has 21 nitrogen and oxygen atoms in total. The second-order valence-corrected chi connectivity index (χ2v) is 20.9. The topological polar surface area (TPSA) is 242 Å². The summed E-state index contributed by atoms with van der Waals surface area (Å²) < 4.78 is 42.2. The molecule has 9 atom stereocenters. The van der Waals surface area contributed by atoms with Crippen LogP contribution in [0.3, 0.4) is 0 Å². The molecule has 2 aliphatic rings. The minimum absolute atomic E-state index is 0.0126. The normalized spacial score (nSPS) is 19.0. The number of ether oxygens (including phenoxy) is 2. The number of aryl methyl sites for hydroxylation is 1. The lowest BCUT2D eigenvalue weighted by molar-refractivity contribution is -0.146. The fourth-order valence-electron chi connectivity index (χ4n) is 9.18. The standard InChI is InChI=1S/C48H77N11O10S/c1-13-32(4)43(56(10)47(65)42(31(2)3)50-48(54(6)7)55(8)9)38(68-11)28-41(62)58-25-17-21-37(58)44(69-12)33(5)45(63)49-36(27-34-19-15-14-16-20-34)46(64)52-70(66,67)26-18-24-57-29-35(51-53-57)30-59-39(60)22-23-40(59)61/h14-16,19-20,22-23,29,31-33,36-39,42-44,60H,13,17-18,21,24-28,30H2,1-12H3,(H,49,63)(H,52,64)/t32-,33+,36-,37-,38+,39?,42-,43-,44+/m0/s1. The van der Waals surface area contributed by atoms with Gasteiger partial charge in [-0.1, -0.05) is 76.6 Å². The molecule has 22 heteroatoms. The first kappa shape index (κ1) is 57.1. The van der Waals surface area contributed by atoms with Crippen LogP contribution in [0.2, 0.25) is 0 Å². The lowest BCUT2D eigenvalue weighted by Gasteiger charge is -2.40. The van der Waals surface area contributed by atoms with Crippen LogP contribution in [0, 0.1) is 17.8 Å². The maximum atomic E-state index is 14.4. The van der Waals surface area contributed by atoms with Crippen LogP contribution in [-0.4, -0.2) is 193 Å². The Hall–Kier alpha value is -5.45. The van der Waals surface area contributed by atoms with Crippen molar-refractivity contribution in [1.29, 1.82) is 0 Å². The van der Waals surface area contributed by atoms with E-state index < -0.39 is 76.1 Å². The molecular formula is C48H77N11O10S. The van der Waals surface area contributed by atoms with Crippen LogP contribution >= 0.6 is 0 Å². The monoisotopic (exact) mass is 1000 g/mol. The van der Waals surface area contributed by atoms with E-state index in [0.29, 0.717) is 43.0 Å². The second-order valence-electron chi connectivity index (χ2n) is 19.1. The van der Waals surface area contributed by atoms with Gasteiger partial charge in [-0.2, -0.15) is 0 Å². The predicted molar refractivity (Wildman–Crippen MR) is 264 cm³/mol. The molecular weight excluding hydrogens is 923 g/mol. The molecule has 1 saturated heterocycles. The van der Waals surface area contributed by atoms with E-state index in [4.69, 9.17) is 14.5 Å². The number of likely N-dealkylation sites (N-methyl/N-ethyl adjacent to an activating group) is 1. The number of carbonyl (C=O) groups excluding carboxylic acids is 5. The Balaban J connectivity index is 1.45. The van der Waals surface area contributed by atoms with E-state index in [-0.39, 0.29) is 61.9 Å². The number of hydrogen-bond acceptors (Lipinski definition) is 13. The van der Waals surface area contributed by atoms with Crippen LogP contribution in [0.15, 0.2) is 53.7 Å². The van der Waals surface area contributed by atoms with Gasteiger partial charge in [0.15, 0.2) is 5.96 Å². The first-order valence-corrected chi connectivity index (χ1v) is 25.7. The Morgan fingerprint density at radius 3 is 2.23 bits per heavy atom. The number of methoxy groups -OCH3 is 2. The lowest BCUT2D eigenvalue weighted by atomic mass is 9.89. The summed E-state index contributed by atoms with van der Waals surface area (Å²) in [5.41, 5.74) is 1.08. The molecule has 70 heavy (non-hydrogen) atoms. The van der Waals surface area contributed by atoms with Gasteiger partial charge in [-0.25, -0.2) is 13.4 Å². The number of aliphatic hydroxyl groups is 1. The molecule has 1 unspecified atom stereocenters. The van der Waals surface area contributed by atoms with Crippen molar-refractivity contribution < 1.29 is 47.0 Å². The van der Waals surface area contributed by atoms with Crippen LogP contribution in [0.1, 0.15) is 78.0 Å². The Morgan fingerprint density at radius 2 is 1.66 bits per heavy atom. The highest BCUT2D eigenvalue weighted by Crippen LogP contribution is 2.30. The highest BCUT2D eigenvalue weighted by Gasteiger charge is 2.43. The second kappa shape index (κ2) is 26.1. The summed E-state index contributed by atoms with van der Waals surface area (Å²) in [6.45, 7) is 10.2. The van der Waals surface area contributed by atoms with Crippen molar-refractivity contribution in [3.63, 3.8) is 0 Å². The molecule has 1 aromatic heterocycles. The molecule has 4 rings (SSSR count). The molecule has 1 fully saturated rings. The molecule has 0 saturated carbocycles. The van der Waals surface area contributed by atoms with E-state index in [1.54, 1.807) is 67.4 Å². The zero-order chi connectivity index (χ0) is 52.0. The lowest BCUT2D eigenvalue weighted by Crippen LogP contribution is -2.56. The number of sulfonamides is 1. The van der Waals surface area contributed by atoms with Gasteiger partial charge in [0, 0.05) is 75.0 Å². The Bertz CT molecular complexity index is 2230. The fourth-order valence-corrected chi connectivity index (χ4v) is 10.2. The highest BCUT2D eigenvalue weighted by atomic mass is 32.2. The molecule has 5 amide bonds. The number of rotatable bonds is 25. The van der Waals surface area contributed by atoms with Crippen LogP contribution in [0.5, 0.6) is 0 Å². The third-order valence-corrected chi connectivity index (χ3v) is 14.4. The number of likely N-dealkylation sites (tertiary alicyclic amines) is 1. The number of aromatic nitrogens is 3. The fraction of sp³-hybridized carbons (Fsp3) is 0.667. The maximum absolute atomic E-state index is 14.4. The summed E-state index contributed by atoms with van der Waals surface area (Å²) in [7, 11) is 8.07. The summed E-state index contributed by atoms with van der Waals surface area (Å²) in [6.07, 6.45) is 3.53. The van der Waals surface area contributed by atoms with Crippen molar-refractivity contribution in [1.82, 2.24) is 49.5 Å². The van der Waals surface area contributed by atoms with E-state index in [9.17, 15) is 37.5 Å². The molecule has 3 heterocycles. The smallest absolute Gasteiger partial charge is 0.256 e. The quantitative estimate of drug-likeness (QED) is 0.0944. The molecule has 1 aromatic carbocycles. The van der Waals surface area contributed by atoms with E-state index in [2.05, 4.69) is 20.4 Å². The number of nitrogens with zero attached hydrogens (tertiary/aromatic N) is 9. The SMILES string of the molecule is CC[C@H](C)[C@@H]([C@@H](CC(=O)N1CCC[C@H]1[C@H](OC)[C@@H](C)C(=O)N[C@@H](Cc1ccccc1)C(=O)NS(=O)(=O)CCCn1cc(CN2C(=O)C=CC2O)nn1)OC)N(C)C(=O)[C@@H](N=C(N(C)C)N(C)C)C(C)C. The van der Waals surface area contributed by atoms with Crippen LogP contribution < -0.4 is 10.0 Å². The molecule has 0 radical (unpaired) electrons. The predicted octanol–water partition coefficient (Wildman–Crippen LogP) is 1.48. The molecule has 0 spiro atoms. The van der Waals surface area contributed by atoms with Gasteiger partial charge >= 0.3 is 0 Å². The van der Waals surface area contributed by atoms with Gasteiger partial charge < -0.3 is 44.4 Å². The Morgan fingerprint density at radius 1 is 0.986 bits per heavy atom. The molecule has 3 N–H and O–H groups in total. The largest absolute Gasteiger partial charge is 0.379 e. The molecule has 390 valence electrons. The van der Waals surface area contributed by atoms with Crippen molar-refractivity contribution in [2.24, 2.45) is 22.7 Å². The number of aliphatic imine (C=N–C) groups is 1. The van der Waals surface area contributed by atoms with Gasteiger partial charge in [-0.15, -0.1) is 5.10 Å². The van der Waals surface area contributed by atoms with Crippen LogP contribution in [-0.2, 0) is 63.0 Å². The third kappa shape index (κ3) is 15.3. The maximum Gasteiger partial charge on any atom is 0.256 e. The Kier molecular flexibility index (Phi) is 21.3. The van der Waals surface area contributed by atoms with Gasteiger partial charge in [-0.05, 0) is 42.7 Å². The van der Waals surface area contributed by atoms with E-state index in [1.165, 1.54) is 28.8 Å². The number of hydrogen-bond donors (Lipinski definition) is 3. The number of carbonyl (C=O) groups is 5. The van der Waals surface area contributed by atoms with Crippen molar-refractivity contribution in [3.8, 4) is 0 Å². The van der Waals surface area contributed by atoms with Gasteiger partial charge in [0.1, 0.15) is 24.0 Å². The minimum atomic E-state index is -4.19. The summed E-state index contributed by atoms with van der Waals surface area (Å²) in [5.74, 6) is -3.11. The summed E-state index contributed by atoms with van der Waals surface area (Å²) >= 11 is 0. The highest BCUT2D eigenvalue weighted by molar-refractivity contribution is 7.90. The van der Waals surface area contributed by atoms with Crippen molar-refractivity contribution in [3.05, 3.63) is 59.9 Å². The zero-order valence-corrected chi connectivity index (χ0v) is 43.8. The van der Waals surface area contributed by atoms with Gasteiger partial charge in [0.25, 0.3) is 5.91 Å². The van der Waals surface area contributed by atoms with Crippen molar-refractivity contribution in [2.45, 2.75) is 129 Å². The van der Waals surface area contributed by atoms with E-state index in [0.717, 1.165) is 0 Å². The summed E-state index contributed by atoms with van der Waals surface area (Å²) in [6, 6.07) is 5.92. The Labute approximate surface area is 414 Å². The molecule has 2 aliphatic heterocycles. The summed E-state index contributed by atoms with van der Waals surface area (Å²) in [5, 5.41) is 20.8. The van der Waals surface area contributed by atoms with E-state index >= 15 is 0 Å². The van der Waals surface area contributed by atoms with Gasteiger partial charge in [0.05, 0.1) is 55.1 Å². The van der Waals surface area contributed by atoms with Crippen molar-refractivity contribution >= 4 is 45.5 Å². The molecule has 0 bridgehead atoms. The number of benzene rings is 1. The first-order valence-electron chi connectivity index (χ1n) is 24.0. The summed E-state index contributed by atoms with van der Waals surface area (Å²) in [4.78, 5) is 82.0. The van der Waals surface area contributed by atoms with Gasteiger partial charge in [0.2, 0.25) is 33.7 Å². The van der Waals surface area contributed by atoms with Crippen molar-refractivity contribution in [2.75, 3.05) is 61.8 Å². The van der Waals surface area contributed by atoms with Crippen LogP contribution in [0.25, 0.3) is 0 Å². The molecule has 0 aliphatic carbocycles. The van der Waals surface area contributed by atoms with Crippen LogP contribution in [0.4, 0.5) is 0 Å². The average molecular weight is 1000 g/mol. The molecule has 2 aromatic rings. The minimum Gasteiger partial charge on any atom is -0.379 e. The third-order valence-electron chi connectivity index (χ3n) is 13.1. The number of amides is 5. The number of guanidine groups is 1. The average Bonchev–Trinajstić information content (AvgIpc) is 4.06.